The number of nitrogens with zero attached hydrogens (tertiary/aromatic N) is 1. The molecule has 0 fully saturated rings. The minimum Gasteiger partial charge on any atom is -0.339 e. The number of amides is 1. The molecular formula is C24H24F2N2OS. The highest BCUT2D eigenvalue weighted by Gasteiger charge is 2.14. The van der Waals surface area contributed by atoms with Crippen LogP contribution in [0, 0.1) is 11.6 Å². The van der Waals surface area contributed by atoms with Crippen LogP contribution in [0.3, 0.4) is 0 Å². The number of nitrogens with one attached hydrogen (secondary N) is 1. The molecule has 0 heterocycles. The van der Waals surface area contributed by atoms with E-state index in [2.05, 4.69) is 4.72 Å². The lowest BCUT2D eigenvalue weighted by Gasteiger charge is -2.19. The summed E-state index contributed by atoms with van der Waals surface area (Å²) in [7, 11) is 0. The number of carbonyl (C=O) groups is 1. The number of hydrogen-bond acceptors (Lipinski definition) is 3. The van der Waals surface area contributed by atoms with E-state index in [1.165, 1.54) is 36.2 Å². The Labute approximate surface area is 180 Å². The van der Waals surface area contributed by atoms with Gasteiger partial charge in [-0.2, -0.15) is 0 Å². The van der Waals surface area contributed by atoms with E-state index in [0.717, 1.165) is 16.0 Å². The van der Waals surface area contributed by atoms with Gasteiger partial charge in [0.2, 0.25) is 0 Å². The minimum absolute atomic E-state index is 0.162. The first-order valence-corrected chi connectivity index (χ1v) is 10.7. The second-order valence-corrected chi connectivity index (χ2v) is 7.74. The van der Waals surface area contributed by atoms with E-state index in [9.17, 15) is 13.6 Å². The summed E-state index contributed by atoms with van der Waals surface area (Å²) in [6.45, 7) is 5.40. The van der Waals surface area contributed by atoms with Gasteiger partial charge < -0.3 is 4.90 Å². The predicted molar refractivity (Wildman–Crippen MR) is 118 cm³/mol. The molecule has 156 valence electrons. The summed E-state index contributed by atoms with van der Waals surface area (Å²) in [5.74, 6) is -0.835. The Morgan fingerprint density at radius 3 is 2.07 bits per heavy atom. The highest BCUT2D eigenvalue weighted by Crippen LogP contribution is 2.23. The quantitative estimate of drug-likeness (QED) is 0.455. The van der Waals surface area contributed by atoms with Crippen LogP contribution < -0.4 is 4.72 Å². The van der Waals surface area contributed by atoms with Gasteiger partial charge in [-0.05, 0) is 85.0 Å². The largest absolute Gasteiger partial charge is 0.339 e. The van der Waals surface area contributed by atoms with E-state index in [1.54, 1.807) is 23.1 Å². The molecule has 0 radical (unpaired) electrons. The third kappa shape index (κ3) is 5.68. The van der Waals surface area contributed by atoms with E-state index in [1.807, 2.05) is 38.1 Å². The van der Waals surface area contributed by atoms with Gasteiger partial charge >= 0.3 is 0 Å². The molecule has 0 aliphatic heterocycles. The van der Waals surface area contributed by atoms with Crippen molar-refractivity contribution in [2.24, 2.45) is 0 Å². The molecular weight excluding hydrogens is 402 g/mol. The van der Waals surface area contributed by atoms with Gasteiger partial charge in [0.1, 0.15) is 11.6 Å². The molecule has 1 N–H and O–H groups in total. The molecule has 0 saturated heterocycles. The Bertz CT molecular complexity index is 987. The maximum Gasteiger partial charge on any atom is 0.253 e. The summed E-state index contributed by atoms with van der Waals surface area (Å²) in [4.78, 5) is 15.2. The van der Waals surface area contributed by atoms with Crippen LogP contribution in [-0.2, 0) is 6.54 Å². The highest BCUT2D eigenvalue weighted by atomic mass is 32.2. The van der Waals surface area contributed by atoms with Crippen molar-refractivity contribution in [1.29, 1.82) is 0 Å². The zero-order valence-electron chi connectivity index (χ0n) is 17.0. The first-order valence-electron chi connectivity index (χ1n) is 9.84. The predicted octanol–water partition coefficient (Wildman–Crippen LogP) is 5.91. The normalized spacial score (nSPS) is 10.8. The highest BCUT2D eigenvalue weighted by molar-refractivity contribution is 7.97. The van der Waals surface area contributed by atoms with Gasteiger partial charge in [-0.3, -0.25) is 9.52 Å². The molecule has 0 aliphatic rings. The van der Waals surface area contributed by atoms with Crippen LogP contribution in [0.4, 0.5) is 8.78 Å². The zero-order chi connectivity index (χ0) is 21.5. The van der Waals surface area contributed by atoms with Crippen LogP contribution in [0.1, 0.15) is 29.8 Å². The van der Waals surface area contributed by atoms with Crippen LogP contribution >= 0.6 is 11.9 Å². The van der Waals surface area contributed by atoms with Crippen LogP contribution in [0.2, 0.25) is 0 Å². The number of halogens is 2. The molecule has 0 saturated carbocycles. The first-order chi connectivity index (χ1) is 14.5. The van der Waals surface area contributed by atoms with Gasteiger partial charge in [0, 0.05) is 30.1 Å². The summed E-state index contributed by atoms with van der Waals surface area (Å²) < 4.78 is 30.3. The van der Waals surface area contributed by atoms with Crippen molar-refractivity contribution in [3.63, 3.8) is 0 Å². The summed E-state index contributed by atoms with van der Waals surface area (Å²) in [6.07, 6.45) is 0. The van der Waals surface area contributed by atoms with E-state index in [-0.39, 0.29) is 11.7 Å². The van der Waals surface area contributed by atoms with E-state index < -0.39 is 5.82 Å². The average Bonchev–Trinajstić information content (AvgIpc) is 2.75. The molecule has 0 unspecified atom stereocenters. The standard InChI is InChI=1S/C24H24F2N2OS/c1-3-28(4-2)24(29)20-13-17(14-22(26)15-20)16-27-30-23-11-7-19(8-12-23)18-5-9-21(25)10-6-18/h5-15,27H,3-4,16H2,1-2H3. The van der Waals surface area contributed by atoms with Crippen molar-refractivity contribution in [3.8, 4) is 11.1 Å². The maximum atomic E-state index is 14.0. The Morgan fingerprint density at radius 2 is 1.47 bits per heavy atom. The fourth-order valence-electron chi connectivity index (χ4n) is 3.13. The minimum atomic E-state index is -0.418. The van der Waals surface area contributed by atoms with Crippen molar-refractivity contribution < 1.29 is 13.6 Å². The van der Waals surface area contributed by atoms with Crippen LogP contribution in [0.25, 0.3) is 11.1 Å². The Morgan fingerprint density at radius 1 is 0.867 bits per heavy atom. The molecule has 3 nitrogen and oxygen atoms in total. The second kappa shape index (κ2) is 10.4. The molecule has 3 aromatic carbocycles. The summed E-state index contributed by atoms with van der Waals surface area (Å²) in [5.41, 5.74) is 3.03. The molecule has 0 spiro atoms. The van der Waals surface area contributed by atoms with Gasteiger partial charge in [-0.15, -0.1) is 0 Å². The van der Waals surface area contributed by atoms with Crippen molar-refractivity contribution in [2.75, 3.05) is 13.1 Å². The maximum absolute atomic E-state index is 14.0. The lowest BCUT2D eigenvalue weighted by atomic mass is 10.1. The van der Waals surface area contributed by atoms with Crippen molar-refractivity contribution in [1.82, 2.24) is 9.62 Å². The third-order valence-corrected chi connectivity index (χ3v) is 5.55. The van der Waals surface area contributed by atoms with Crippen LogP contribution in [0.15, 0.2) is 71.6 Å². The molecule has 3 rings (SSSR count). The molecule has 0 bridgehead atoms. The SMILES string of the molecule is CCN(CC)C(=O)c1cc(F)cc(CNSc2ccc(-c3ccc(F)cc3)cc2)c1. The monoisotopic (exact) mass is 426 g/mol. The summed E-state index contributed by atoms with van der Waals surface area (Å²) in [5, 5.41) is 0. The van der Waals surface area contributed by atoms with Crippen LogP contribution in [0.5, 0.6) is 0 Å². The summed E-state index contributed by atoms with van der Waals surface area (Å²) >= 11 is 1.43. The molecule has 6 heteroatoms. The van der Waals surface area contributed by atoms with Crippen molar-refractivity contribution >= 4 is 17.9 Å². The molecule has 30 heavy (non-hydrogen) atoms. The average molecular weight is 427 g/mol. The van der Waals surface area contributed by atoms with Gasteiger partial charge in [0.15, 0.2) is 0 Å². The third-order valence-electron chi connectivity index (χ3n) is 4.75. The molecule has 0 aliphatic carbocycles. The van der Waals surface area contributed by atoms with E-state index in [0.29, 0.717) is 30.8 Å². The Hall–Kier alpha value is -2.70. The van der Waals surface area contributed by atoms with Gasteiger partial charge in [0.25, 0.3) is 5.91 Å². The van der Waals surface area contributed by atoms with Crippen LogP contribution in [-0.4, -0.2) is 23.9 Å². The van der Waals surface area contributed by atoms with Crippen molar-refractivity contribution in [2.45, 2.75) is 25.3 Å². The zero-order valence-corrected chi connectivity index (χ0v) is 17.8. The topological polar surface area (TPSA) is 32.3 Å². The summed E-state index contributed by atoms with van der Waals surface area (Å²) in [6, 6.07) is 18.7. The Balaban J connectivity index is 1.61. The van der Waals surface area contributed by atoms with E-state index in [4.69, 9.17) is 0 Å². The first kappa shape index (κ1) is 22.0. The number of benzene rings is 3. The van der Waals surface area contributed by atoms with Gasteiger partial charge in [0.05, 0.1) is 0 Å². The molecule has 0 atom stereocenters. The second-order valence-electron chi connectivity index (χ2n) is 6.78. The van der Waals surface area contributed by atoms with Crippen molar-refractivity contribution in [3.05, 3.63) is 89.5 Å². The fraction of sp³-hybridized carbons (Fsp3) is 0.208. The lowest BCUT2D eigenvalue weighted by molar-refractivity contribution is 0.0772. The molecule has 1 amide bonds. The molecule has 0 aromatic heterocycles. The lowest BCUT2D eigenvalue weighted by Crippen LogP contribution is -2.30. The van der Waals surface area contributed by atoms with Gasteiger partial charge in [-0.1, -0.05) is 24.3 Å². The number of hydrogen-bond donors (Lipinski definition) is 1. The Kier molecular flexibility index (Phi) is 7.60. The smallest absolute Gasteiger partial charge is 0.253 e. The fourth-order valence-corrected chi connectivity index (χ4v) is 3.81. The molecule has 3 aromatic rings. The number of rotatable bonds is 8. The number of carbonyl (C=O) groups excluding carboxylic acids is 1. The van der Waals surface area contributed by atoms with Gasteiger partial charge in [-0.25, -0.2) is 8.78 Å². The van der Waals surface area contributed by atoms with E-state index >= 15 is 0 Å².